The highest BCUT2D eigenvalue weighted by Crippen LogP contribution is 2.16. The van der Waals surface area contributed by atoms with Crippen LogP contribution in [-0.4, -0.2) is 55.5 Å². The maximum atomic E-state index is 12.0. The summed E-state index contributed by atoms with van der Waals surface area (Å²) in [5, 5.41) is 5.88. The van der Waals surface area contributed by atoms with Crippen molar-refractivity contribution in [2.24, 2.45) is 11.7 Å². The number of hydrogen-bond donors (Lipinski definition) is 3. The monoisotopic (exact) mass is 298 g/mol. The molecule has 21 heavy (non-hydrogen) atoms. The zero-order chi connectivity index (χ0) is 15.7. The predicted molar refractivity (Wildman–Crippen MR) is 83.7 cm³/mol. The highest BCUT2D eigenvalue weighted by atomic mass is 16.2. The molecule has 1 aliphatic heterocycles. The van der Waals surface area contributed by atoms with Gasteiger partial charge in [0, 0.05) is 25.7 Å². The minimum Gasteiger partial charge on any atom is -0.355 e. The van der Waals surface area contributed by atoms with Crippen molar-refractivity contribution in [2.75, 3.05) is 32.7 Å². The minimum absolute atomic E-state index is 0.0220. The molecule has 1 heterocycles. The first-order chi connectivity index (χ1) is 10.1. The van der Waals surface area contributed by atoms with Gasteiger partial charge in [0.25, 0.3) is 0 Å². The lowest BCUT2D eigenvalue weighted by Crippen LogP contribution is -2.48. The molecule has 0 radical (unpaired) electrons. The van der Waals surface area contributed by atoms with Gasteiger partial charge in [-0.2, -0.15) is 0 Å². The number of amides is 2. The molecule has 1 aliphatic rings. The van der Waals surface area contributed by atoms with Gasteiger partial charge in [0.2, 0.25) is 11.8 Å². The van der Waals surface area contributed by atoms with Crippen LogP contribution in [0.25, 0.3) is 0 Å². The molecule has 0 aromatic rings. The van der Waals surface area contributed by atoms with Crippen LogP contribution in [0.5, 0.6) is 0 Å². The topological polar surface area (TPSA) is 87.5 Å². The van der Waals surface area contributed by atoms with E-state index in [0.717, 1.165) is 32.2 Å². The SMILES string of the molecule is CCC(CC)NC(=O)CN1CCCC(C(=O)NCCN)C1. The lowest BCUT2D eigenvalue weighted by molar-refractivity contribution is -0.129. The fourth-order valence-electron chi connectivity index (χ4n) is 2.72. The first-order valence-corrected chi connectivity index (χ1v) is 8.10. The third kappa shape index (κ3) is 6.44. The number of carbonyl (C=O) groups excluding carboxylic acids is 2. The van der Waals surface area contributed by atoms with E-state index in [1.54, 1.807) is 0 Å². The van der Waals surface area contributed by atoms with Crippen LogP contribution in [0.15, 0.2) is 0 Å². The van der Waals surface area contributed by atoms with Crippen molar-refractivity contribution < 1.29 is 9.59 Å². The smallest absolute Gasteiger partial charge is 0.234 e. The second-order valence-corrected chi connectivity index (χ2v) is 5.73. The summed E-state index contributed by atoms with van der Waals surface area (Å²) >= 11 is 0. The Morgan fingerprint density at radius 2 is 2.05 bits per heavy atom. The highest BCUT2D eigenvalue weighted by molar-refractivity contribution is 5.80. The lowest BCUT2D eigenvalue weighted by atomic mass is 9.97. The normalized spacial score (nSPS) is 19.5. The van der Waals surface area contributed by atoms with E-state index in [0.29, 0.717) is 26.2 Å². The van der Waals surface area contributed by atoms with E-state index in [9.17, 15) is 9.59 Å². The number of hydrogen-bond acceptors (Lipinski definition) is 4. The Balaban J connectivity index is 2.38. The van der Waals surface area contributed by atoms with Gasteiger partial charge in [0.1, 0.15) is 0 Å². The molecule has 1 rings (SSSR count). The summed E-state index contributed by atoms with van der Waals surface area (Å²) in [6, 6.07) is 0.256. The van der Waals surface area contributed by atoms with Crippen LogP contribution in [0.4, 0.5) is 0 Å². The minimum atomic E-state index is -0.0220. The summed E-state index contributed by atoms with van der Waals surface area (Å²) in [6.45, 7) is 7.06. The Morgan fingerprint density at radius 3 is 2.67 bits per heavy atom. The summed E-state index contributed by atoms with van der Waals surface area (Å²) in [5.41, 5.74) is 5.39. The molecule has 1 fully saturated rings. The average Bonchev–Trinajstić information content (AvgIpc) is 2.50. The summed E-state index contributed by atoms with van der Waals surface area (Å²) in [4.78, 5) is 26.1. The maximum absolute atomic E-state index is 12.0. The van der Waals surface area contributed by atoms with E-state index in [-0.39, 0.29) is 23.8 Å². The Kier molecular flexibility index (Phi) is 8.30. The molecular formula is C15H30N4O2. The van der Waals surface area contributed by atoms with Gasteiger partial charge in [-0.05, 0) is 32.2 Å². The molecule has 0 aliphatic carbocycles. The highest BCUT2D eigenvalue weighted by Gasteiger charge is 2.26. The largest absolute Gasteiger partial charge is 0.355 e. The van der Waals surface area contributed by atoms with Crippen molar-refractivity contribution in [1.29, 1.82) is 0 Å². The first kappa shape index (κ1) is 17.9. The second kappa shape index (κ2) is 9.73. The molecule has 0 aromatic carbocycles. The van der Waals surface area contributed by atoms with Gasteiger partial charge < -0.3 is 16.4 Å². The van der Waals surface area contributed by atoms with Crippen LogP contribution in [0, 0.1) is 5.92 Å². The second-order valence-electron chi connectivity index (χ2n) is 5.73. The summed E-state index contributed by atoms with van der Waals surface area (Å²) < 4.78 is 0. The Bertz CT molecular complexity index is 332. The number of nitrogens with one attached hydrogen (secondary N) is 2. The molecule has 0 bridgehead atoms. The number of nitrogens with two attached hydrogens (primary N) is 1. The Hall–Kier alpha value is -1.14. The Labute approximate surface area is 127 Å². The molecule has 0 saturated carbocycles. The van der Waals surface area contributed by atoms with E-state index in [4.69, 9.17) is 5.73 Å². The molecular weight excluding hydrogens is 268 g/mol. The van der Waals surface area contributed by atoms with E-state index >= 15 is 0 Å². The molecule has 1 atom stereocenters. The van der Waals surface area contributed by atoms with Crippen LogP contribution in [0.3, 0.4) is 0 Å². The lowest BCUT2D eigenvalue weighted by Gasteiger charge is -2.31. The van der Waals surface area contributed by atoms with Crippen molar-refractivity contribution >= 4 is 11.8 Å². The molecule has 0 spiro atoms. The number of likely N-dealkylation sites (tertiary alicyclic amines) is 1. The third-order valence-corrected chi connectivity index (χ3v) is 4.04. The van der Waals surface area contributed by atoms with Gasteiger partial charge in [-0.1, -0.05) is 13.8 Å². The van der Waals surface area contributed by atoms with Crippen LogP contribution in [-0.2, 0) is 9.59 Å². The van der Waals surface area contributed by atoms with Gasteiger partial charge in [0.05, 0.1) is 12.5 Å². The van der Waals surface area contributed by atoms with Gasteiger partial charge in [0.15, 0.2) is 0 Å². The number of carbonyl (C=O) groups is 2. The van der Waals surface area contributed by atoms with Gasteiger partial charge in [-0.3, -0.25) is 14.5 Å². The molecule has 6 heteroatoms. The average molecular weight is 298 g/mol. The van der Waals surface area contributed by atoms with E-state index < -0.39 is 0 Å². The van der Waals surface area contributed by atoms with Gasteiger partial charge >= 0.3 is 0 Å². The first-order valence-electron chi connectivity index (χ1n) is 8.10. The van der Waals surface area contributed by atoms with Crippen molar-refractivity contribution in [2.45, 2.75) is 45.6 Å². The van der Waals surface area contributed by atoms with Crippen molar-refractivity contribution in [3.05, 3.63) is 0 Å². The van der Waals surface area contributed by atoms with Crippen molar-refractivity contribution in [3.63, 3.8) is 0 Å². The molecule has 0 aromatic heterocycles. The fraction of sp³-hybridized carbons (Fsp3) is 0.867. The summed E-state index contributed by atoms with van der Waals surface area (Å²) in [5.74, 6) is 0.100. The molecule has 6 nitrogen and oxygen atoms in total. The molecule has 1 unspecified atom stereocenters. The molecule has 1 saturated heterocycles. The molecule has 4 N–H and O–H groups in total. The van der Waals surface area contributed by atoms with Gasteiger partial charge in [-0.15, -0.1) is 0 Å². The Morgan fingerprint density at radius 1 is 1.33 bits per heavy atom. The van der Waals surface area contributed by atoms with E-state index in [1.807, 2.05) is 0 Å². The van der Waals surface area contributed by atoms with Crippen LogP contribution >= 0.6 is 0 Å². The van der Waals surface area contributed by atoms with Gasteiger partial charge in [-0.25, -0.2) is 0 Å². The van der Waals surface area contributed by atoms with Crippen LogP contribution in [0.2, 0.25) is 0 Å². The molecule has 122 valence electrons. The number of nitrogens with zero attached hydrogens (tertiary/aromatic N) is 1. The quantitative estimate of drug-likeness (QED) is 0.592. The van der Waals surface area contributed by atoms with Crippen molar-refractivity contribution in [3.8, 4) is 0 Å². The summed E-state index contributed by atoms with van der Waals surface area (Å²) in [6.07, 6.45) is 3.75. The predicted octanol–water partition coefficient (Wildman–Crippen LogP) is 0.0781. The maximum Gasteiger partial charge on any atom is 0.234 e. The van der Waals surface area contributed by atoms with Crippen molar-refractivity contribution in [1.82, 2.24) is 15.5 Å². The number of piperidine rings is 1. The van der Waals surface area contributed by atoms with Crippen LogP contribution in [0.1, 0.15) is 39.5 Å². The van der Waals surface area contributed by atoms with Crippen LogP contribution < -0.4 is 16.4 Å². The fourth-order valence-corrected chi connectivity index (χ4v) is 2.72. The standard InChI is InChI=1S/C15H30N4O2/c1-3-13(4-2)18-14(20)11-19-9-5-6-12(10-19)15(21)17-8-7-16/h12-13H,3-11,16H2,1-2H3,(H,17,21)(H,18,20). The third-order valence-electron chi connectivity index (χ3n) is 4.04. The zero-order valence-corrected chi connectivity index (χ0v) is 13.4. The molecule has 2 amide bonds. The summed E-state index contributed by atoms with van der Waals surface area (Å²) in [7, 11) is 0. The zero-order valence-electron chi connectivity index (χ0n) is 13.4. The number of rotatable bonds is 8. The van der Waals surface area contributed by atoms with E-state index in [2.05, 4.69) is 29.4 Å². The van der Waals surface area contributed by atoms with E-state index in [1.165, 1.54) is 0 Å².